The first-order valence-corrected chi connectivity index (χ1v) is 14.1. The van der Waals surface area contributed by atoms with Crippen LogP contribution in [-0.2, 0) is 8.85 Å². The van der Waals surface area contributed by atoms with Gasteiger partial charge < -0.3 is 23.6 Å². The molecular weight excluding hydrogens is 366 g/mol. The molecule has 0 aliphatic heterocycles. The van der Waals surface area contributed by atoms with E-state index in [1.807, 2.05) is 0 Å². The zero-order valence-electron chi connectivity index (χ0n) is 20.6. The van der Waals surface area contributed by atoms with Crippen molar-refractivity contribution in [2.45, 2.75) is 66.5 Å². The van der Waals surface area contributed by atoms with Gasteiger partial charge in [-0.15, -0.1) is 0 Å². The highest BCUT2D eigenvalue weighted by atomic mass is 28.4. The summed E-state index contributed by atoms with van der Waals surface area (Å²) >= 11 is 0. The third-order valence-electron chi connectivity index (χ3n) is 5.23. The number of hydrogen-bond acceptors (Lipinski definition) is 5. The summed E-state index contributed by atoms with van der Waals surface area (Å²) in [4.78, 5) is 7.56. The number of nitrogens with zero attached hydrogens (tertiary/aromatic N) is 3. The molecule has 0 rings (SSSR count). The molecule has 5 nitrogen and oxygen atoms in total. The van der Waals surface area contributed by atoms with Gasteiger partial charge in [-0.2, -0.15) is 0 Å². The molecule has 0 aromatic heterocycles. The Bertz CT molecular complexity index is 343. The molecule has 0 saturated carbocycles. The van der Waals surface area contributed by atoms with Gasteiger partial charge in [-0.05, 0) is 80.4 Å². The largest absolute Gasteiger partial charge is 0.395 e. The van der Waals surface area contributed by atoms with Gasteiger partial charge in [-0.25, -0.2) is 0 Å². The van der Waals surface area contributed by atoms with Crippen LogP contribution >= 0.6 is 0 Å². The van der Waals surface area contributed by atoms with E-state index in [0.29, 0.717) is 0 Å². The van der Waals surface area contributed by atoms with Crippen LogP contribution in [-0.4, -0.2) is 96.9 Å². The second-order valence-electron chi connectivity index (χ2n) is 8.89. The molecule has 0 amide bonds. The van der Waals surface area contributed by atoms with Crippen LogP contribution in [0.15, 0.2) is 0 Å². The predicted octanol–water partition coefficient (Wildman–Crippen LogP) is 4.14. The molecule has 0 N–H and O–H groups in total. The van der Waals surface area contributed by atoms with Crippen LogP contribution in [0.4, 0.5) is 0 Å². The summed E-state index contributed by atoms with van der Waals surface area (Å²) in [7, 11) is 4.59. The van der Waals surface area contributed by atoms with E-state index in [4.69, 9.17) is 8.85 Å². The lowest BCUT2D eigenvalue weighted by molar-refractivity contribution is 0.0772. The van der Waals surface area contributed by atoms with Crippen LogP contribution in [0, 0.1) is 5.41 Å². The molecule has 0 fully saturated rings. The maximum absolute atomic E-state index is 6.31. The fraction of sp³-hybridized carbons (Fsp3) is 1.00. The Balaban J connectivity index is 5.86. The molecule has 0 aromatic carbocycles. The van der Waals surface area contributed by atoms with Crippen LogP contribution in [0.25, 0.3) is 0 Å². The van der Waals surface area contributed by atoms with E-state index in [1.54, 1.807) is 0 Å². The maximum Gasteiger partial charge on any atom is 0.335 e. The van der Waals surface area contributed by atoms with E-state index >= 15 is 0 Å². The lowest BCUT2D eigenvalue weighted by Gasteiger charge is -2.45. The van der Waals surface area contributed by atoms with Crippen molar-refractivity contribution in [3.63, 3.8) is 0 Å². The Hall–Kier alpha value is 0.0169. The van der Waals surface area contributed by atoms with Crippen LogP contribution in [0.2, 0.25) is 12.6 Å². The van der Waals surface area contributed by atoms with Crippen molar-refractivity contribution in [2.24, 2.45) is 5.41 Å². The minimum Gasteiger partial charge on any atom is -0.395 e. The summed E-state index contributed by atoms with van der Waals surface area (Å²) in [6.45, 7) is 21.4. The first kappa shape index (κ1) is 28.0. The standard InChI is InChI=1S/C22H51N3O2Si/c1-10-15-23(6)18-22(19-24(7)16-11-2,20-25(8)17-12-3)21-28(9,26-13-4)27-14-5/h10-21H2,1-9H3. The second-order valence-corrected chi connectivity index (χ2v) is 12.1. The van der Waals surface area contributed by atoms with Gasteiger partial charge in [0.25, 0.3) is 0 Å². The SMILES string of the molecule is CCCN(C)CC(CN(C)CCC)(CN(C)CCC)C[Si](C)(OCC)OCC. The zero-order valence-corrected chi connectivity index (χ0v) is 21.6. The van der Waals surface area contributed by atoms with Gasteiger partial charge in [0.1, 0.15) is 0 Å². The summed E-state index contributed by atoms with van der Waals surface area (Å²) in [6, 6.07) is 1.04. The van der Waals surface area contributed by atoms with E-state index in [0.717, 1.165) is 58.5 Å². The molecular formula is C22H51N3O2Si. The highest BCUT2D eigenvalue weighted by Crippen LogP contribution is 2.34. The second kappa shape index (κ2) is 14.9. The Morgan fingerprint density at radius 1 is 0.643 bits per heavy atom. The van der Waals surface area contributed by atoms with Crippen molar-refractivity contribution < 1.29 is 8.85 Å². The molecule has 170 valence electrons. The highest BCUT2D eigenvalue weighted by Gasteiger charge is 2.44. The number of rotatable bonds is 18. The average Bonchev–Trinajstić information content (AvgIpc) is 2.54. The van der Waals surface area contributed by atoms with Crippen molar-refractivity contribution in [1.82, 2.24) is 14.7 Å². The average molecular weight is 418 g/mol. The third-order valence-corrected chi connectivity index (χ3v) is 8.42. The van der Waals surface area contributed by atoms with Crippen LogP contribution < -0.4 is 0 Å². The van der Waals surface area contributed by atoms with E-state index in [9.17, 15) is 0 Å². The summed E-state index contributed by atoms with van der Waals surface area (Å²) in [6.07, 6.45) is 3.56. The van der Waals surface area contributed by atoms with Gasteiger partial charge >= 0.3 is 8.56 Å². The molecule has 0 radical (unpaired) electrons. The molecule has 0 aliphatic rings. The summed E-state index contributed by atoms with van der Waals surface area (Å²) in [5.74, 6) is 0. The van der Waals surface area contributed by atoms with E-state index < -0.39 is 8.56 Å². The predicted molar refractivity (Wildman–Crippen MR) is 125 cm³/mol. The Morgan fingerprint density at radius 3 is 1.21 bits per heavy atom. The fourth-order valence-corrected chi connectivity index (χ4v) is 8.06. The van der Waals surface area contributed by atoms with Crippen molar-refractivity contribution in [3.8, 4) is 0 Å². The molecule has 0 unspecified atom stereocenters. The lowest BCUT2D eigenvalue weighted by Crippen LogP contribution is -2.55. The van der Waals surface area contributed by atoms with Crippen molar-refractivity contribution in [1.29, 1.82) is 0 Å². The summed E-state index contributed by atoms with van der Waals surface area (Å²) < 4.78 is 12.6. The Kier molecular flexibility index (Phi) is 14.9. The first-order chi connectivity index (χ1) is 13.2. The molecule has 0 aromatic rings. The number of hydrogen-bond donors (Lipinski definition) is 0. The first-order valence-electron chi connectivity index (χ1n) is 11.5. The minimum absolute atomic E-state index is 0.142. The maximum atomic E-state index is 6.31. The van der Waals surface area contributed by atoms with Crippen molar-refractivity contribution in [3.05, 3.63) is 0 Å². The smallest absolute Gasteiger partial charge is 0.335 e. The molecule has 0 bridgehead atoms. The fourth-order valence-electron chi connectivity index (χ4n) is 4.85. The van der Waals surface area contributed by atoms with E-state index in [1.165, 1.54) is 19.3 Å². The zero-order chi connectivity index (χ0) is 21.6. The summed E-state index contributed by atoms with van der Waals surface area (Å²) in [5, 5.41) is 0. The van der Waals surface area contributed by atoms with E-state index in [-0.39, 0.29) is 5.41 Å². The molecule has 0 saturated heterocycles. The normalized spacial score (nSPS) is 13.3. The molecule has 28 heavy (non-hydrogen) atoms. The Morgan fingerprint density at radius 2 is 0.964 bits per heavy atom. The van der Waals surface area contributed by atoms with Gasteiger partial charge in [0, 0.05) is 44.3 Å². The molecule has 0 heterocycles. The van der Waals surface area contributed by atoms with Crippen molar-refractivity contribution in [2.75, 3.05) is 73.6 Å². The van der Waals surface area contributed by atoms with Crippen LogP contribution in [0.5, 0.6) is 0 Å². The third kappa shape index (κ3) is 11.3. The minimum atomic E-state index is -2.23. The van der Waals surface area contributed by atoms with Crippen LogP contribution in [0.3, 0.4) is 0 Å². The monoisotopic (exact) mass is 417 g/mol. The molecule has 6 heteroatoms. The Labute approximate surface area is 178 Å². The van der Waals surface area contributed by atoms with Gasteiger partial charge in [-0.1, -0.05) is 20.8 Å². The highest BCUT2D eigenvalue weighted by molar-refractivity contribution is 6.66. The molecule has 0 atom stereocenters. The lowest BCUT2D eigenvalue weighted by atomic mass is 9.87. The van der Waals surface area contributed by atoms with Crippen LogP contribution in [0.1, 0.15) is 53.9 Å². The van der Waals surface area contributed by atoms with Gasteiger partial charge in [0.2, 0.25) is 0 Å². The van der Waals surface area contributed by atoms with Gasteiger partial charge in [0.15, 0.2) is 0 Å². The molecule has 0 spiro atoms. The van der Waals surface area contributed by atoms with Gasteiger partial charge in [-0.3, -0.25) is 0 Å². The topological polar surface area (TPSA) is 28.2 Å². The van der Waals surface area contributed by atoms with Gasteiger partial charge in [0.05, 0.1) is 0 Å². The molecule has 0 aliphatic carbocycles. The quantitative estimate of drug-likeness (QED) is 0.313. The van der Waals surface area contributed by atoms with Crippen molar-refractivity contribution >= 4 is 8.56 Å². The summed E-state index contributed by atoms with van der Waals surface area (Å²) in [5.41, 5.74) is 0.142. The van der Waals surface area contributed by atoms with E-state index in [2.05, 4.69) is 77.0 Å².